The highest BCUT2D eigenvalue weighted by Gasteiger charge is 2.30. The largest absolute Gasteiger partial charge is 0.479 e. The van der Waals surface area contributed by atoms with Crippen LogP contribution in [-0.2, 0) is 9.53 Å². The molecule has 0 radical (unpaired) electrons. The van der Waals surface area contributed by atoms with Crippen molar-refractivity contribution in [2.75, 3.05) is 6.61 Å². The van der Waals surface area contributed by atoms with Gasteiger partial charge in [0, 0.05) is 0 Å². The molecule has 0 aliphatic heterocycles. The summed E-state index contributed by atoms with van der Waals surface area (Å²) in [6, 6.07) is 0. The second-order valence-electron chi connectivity index (χ2n) is 4.81. The number of hydrogen-bond donors (Lipinski definition) is 2. The van der Waals surface area contributed by atoms with Crippen molar-refractivity contribution in [2.24, 2.45) is 5.92 Å². The lowest BCUT2D eigenvalue weighted by Gasteiger charge is -2.28. The van der Waals surface area contributed by atoms with E-state index in [4.69, 9.17) is 9.84 Å². The number of rotatable bonds is 4. The minimum Gasteiger partial charge on any atom is -0.479 e. The van der Waals surface area contributed by atoms with Gasteiger partial charge in [-0.05, 0) is 39.0 Å². The van der Waals surface area contributed by atoms with E-state index in [1.165, 1.54) is 0 Å². The van der Waals surface area contributed by atoms with Crippen LogP contribution in [0.2, 0.25) is 0 Å². The van der Waals surface area contributed by atoms with Crippen LogP contribution in [-0.4, -0.2) is 34.5 Å². The lowest BCUT2D eigenvalue weighted by Crippen LogP contribution is -2.37. The summed E-state index contributed by atoms with van der Waals surface area (Å²) >= 11 is 0. The van der Waals surface area contributed by atoms with Crippen molar-refractivity contribution in [3.63, 3.8) is 0 Å². The van der Waals surface area contributed by atoms with E-state index in [0.29, 0.717) is 12.5 Å². The Morgan fingerprint density at radius 2 is 2.13 bits per heavy atom. The highest BCUT2D eigenvalue weighted by atomic mass is 16.5. The maximum Gasteiger partial charge on any atom is 0.335 e. The molecule has 0 amide bonds. The number of aliphatic carboxylic acids is 1. The maximum atomic E-state index is 10.8. The molecular weight excluding hydrogens is 196 g/mol. The fourth-order valence-electron chi connectivity index (χ4n) is 1.80. The van der Waals surface area contributed by atoms with Crippen LogP contribution in [0, 0.1) is 5.92 Å². The summed E-state index contributed by atoms with van der Waals surface area (Å²) in [5.74, 6) is -0.647. The van der Waals surface area contributed by atoms with Crippen LogP contribution >= 0.6 is 0 Å². The molecule has 0 saturated heterocycles. The monoisotopic (exact) mass is 216 g/mol. The lowest BCUT2D eigenvalue weighted by atomic mass is 9.88. The Kier molecular flexibility index (Phi) is 4.11. The molecule has 1 unspecified atom stereocenters. The van der Waals surface area contributed by atoms with Gasteiger partial charge in [0.2, 0.25) is 0 Å². The molecule has 1 fully saturated rings. The Labute approximate surface area is 90.2 Å². The van der Waals surface area contributed by atoms with E-state index >= 15 is 0 Å². The van der Waals surface area contributed by atoms with E-state index in [2.05, 4.69) is 0 Å². The van der Waals surface area contributed by atoms with E-state index in [-0.39, 0.29) is 6.10 Å². The van der Waals surface area contributed by atoms with Gasteiger partial charge in [0.15, 0.2) is 5.60 Å². The molecule has 88 valence electrons. The smallest absolute Gasteiger partial charge is 0.335 e. The molecule has 4 heteroatoms. The van der Waals surface area contributed by atoms with Gasteiger partial charge in [0.1, 0.15) is 0 Å². The average Bonchev–Trinajstić information content (AvgIpc) is 2.15. The molecule has 0 bridgehead atoms. The van der Waals surface area contributed by atoms with Gasteiger partial charge in [0.25, 0.3) is 0 Å². The number of aliphatic hydroxyl groups excluding tert-OH is 1. The molecule has 4 nitrogen and oxygen atoms in total. The van der Waals surface area contributed by atoms with Gasteiger partial charge >= 0.3 is 5.97 Å². The summed E-state index contributed by atoms with van der Waals surface area (Å²) in [7, 11) is 0. The first-order valence-electron chi connectivity index (χ1n) is 5.47. The molecule has 2 atom stereocenters. The molecule has 1 saturated carbocycles. The fourth-order valence-corrected chi connectivity index (χ4v) is 1.80. The van der Waals surface area contributed by atoms with Gasteiger partial charge in [-0.15, -0.1) is 0 Å². The van der Waals surface area contributed by atoms with Crippen molar-refractivity contribution >= 4 is 5.97 Å². The SMILES string of the molecule is CC(C)(OCC1CCC[C@H](O)C1)C(=O)O. The second-order valence-corrected chi connectivity index (χ2v) is 4.81. The third-order valence-corrected chi connectivity index (χ3v) is 2.95. The molecule has 1 aliphatic rings. The Balaban J connectivity index is 2.33. The van der Waals surface area contributed by atoms with Crippen molar-refractivity contribution in [3.05, 3.63) is 0 Å². The van der Waals surface area contributed by atoms with Crippen LogP contribution in [0.4, 0.5) is 0 Å². The predicted octanol–water partition coefficient (Wildman–Crippen LogP) is 1.42. The maximum absolute atomic E-state index is 10.8. The highest BCUT2D eigenvalue weighted by molar-refractivity contribution is 5.76. The first kappa shape index (κ1) is 12.5. The first-order valence-corrected chi connectivity index (χ1v) is 5.47. The van der Waals surface area contributed by atoms with E-state index in [0.717, 1.165) is 25.7 Å². The average molecular weight is 216 g/mol. The summed E-state index contributed by atoms with van der Waals surface area (Å²) in [5.41, 5.74) is -1.12. The molecule has 0 spiro atoms. The lowest BCUT2D eigenvalue weighted by molar-refractivity contribution is -0.163. The number of ether oxygens (including phenoxy) is 1. The van der Waals surface area contributed by atoms with E-state index < -0.39 is 11.6 Å². The number of hydrogen-bond acceptors (Lipinski definition) is 3. The molecule has 1 aliphatic carbocycles. The van der Waals surface area contributed by atoms with Crippen LogP contribution in [0.15, 0.2) is 0 Å². The summed E-state index contributed by atoms with van der Waals surface area (Å²) < 4.78 is 5.37. The highest BCUT2D eigenvalue weighted by Crippen LogP contribution is 2.25. The summed E-state index contributed by atoms with van der Waals surface area (Å²) in [4.78, 5) is 10.8. The Hall–Kier alpha value is -0.610. The van der Waals surface area contributed by atoms with Gasteiger partial charge in [-0.2, -0.15) is 0 Å². The van der Waals surface area contributed by atoms with Crippen molar-refractivity contribution in [1.82, 2.24) is 0 Å². The zero-order valence-corrected chi connectivity index (χ0v) is 9.40. The second kappa shape index (κ2) is 4.94. The normalized spacial score (nSPS) is 27.7. The van der Waals surface area contributed by atoms with Gasteiger partial charge in [-0.25, -0.2) is 4.79 Å². The van der Waals surface area contributed by atoms with Crippen molar-refractivity contribution < 1.29 is 19.7 Å². The number of carboxylic acids is 1. The summed E-state index contributed by atoms with van der Waals surface area (Å²) in [6.45, 7) is 3.53. The van der Waals surface area contributed by atoms with Crippen molar-refractivity contribution in [3.8, 4) is 0 Å². The fraction of sp³-hybridized carbons (Fsp3) is 0.909. The van der Waals surface area contributed by atoms with Gasteiger partial charge < -0.3 is 14.9 Å². The number of carbonyl (C=O) groups is 1. The third kappa shape index (κ3) is 3.80. The summed E-state index contributed by atoms with van der Waals surface area (Å²) in [6.07, 6.45) is 3.38. The molecule has 0 aromatic heterocycles. The first-order chi connectivity index (χ1) is 6.92. The minimum absolute atomic E-state index is 0.236. The van der Waals surface area contributed by atoms with Gasteiger partial charge in [0.05, 0.1) is 12.7 Å². The molecule has 0 heterocycles. The number of aliphatic hydroxyl groups is 1. The predicted molar refractivity (Wildman–Crippen MR) is 55.6 cm³/mol. The van der Waals surface area contributed by atoms with E-state index in [9.17, 15) is 9.90 Å². The number of carboxylic acid groups (broad SMARTS) is 1. The van der Waals surface area contributed by atoms with Crippen LogP contribution in [0.3, 0.4) is 0 Å². The molecule has 0 aromatic rings. The molecular formula is C11H20O4. The zero-order valence-electron chi connectivity index (χ0n) is 9.40. The van der Waals surface area contributed by atoms with Crippen LogP contribution in [0.1, 0.15) is 39.5 Å². The van der Waals surface area contributed by atoms with Gasteiger partial charge in [-0.1, -0.05) is 6.42 Å². The molecule has 15 heavy (non-hydrogen) atoms. The van der Waals surface area contributed by atoms with Crippen LogP contribution in [0.5, 0.6) is 0 Å². The van der Waals surface area contributed by atoms with E-state index in [1.807, 2.05) is 0 Å². The van der Waals surface area contributed by atoms with Gasteiger partial charge in [-0.3, -0.25) is 0 Å². The van der Waals surface area contributed by atoms with Crippen molar-refractivity contribution in [1.29, 1.82) is 0 Å². The zero-order chi connectivity index (χ0) is 11.5. The molecule has 0 aromatic carbocycles. The van der Waals surface area contributed by atoms with E-state index in [1.54, 1.807) is 13.8 Å². The van der Waals surface area contributed by atoms with Crippen LogP contribution in [0.25, 0.3) is 0 Å². The third-order valence-electron chi connectivity index (χ3n) is 2.95. The Morgan fingerprint density at radius 3 is 2.67 bits per heavy atom. The Morgan fingerprint density at radius 1 is 1.47 bits per heavy atom. The summed E-state index contributed by atoms with van der Waals surface area (Å²) in [5, 5.41) is 18.3. The van der Waals surface area contributed by atoms with Crippen LogP contribution < -0.4 is 0 Å². The quantitative estimate of drug-likeness (QED) is 0.745. The minimum atomic E-state index is -1.12. The van der Waals surface area contributed by atoms with Crippen molar-refractivity contribution in [2.45, 2.75) is 51.2 Å². The topological polar surface area (TPSA) is 66.8 Å². The molecule has 2 N–H and O–H groups in total. The Bertz CT molecular complexity index is 225. The standard InChI is InChI=1S/C11H20O4/c1-11(2,10(13)14)15-7-8-4-3-5-9(12)6-8/h8-9,12H,3-7H2,1-2H3,(H,13,14)/t8?,9-/m0/s1. The molecule has 1 rings (SSSR count).